The summed E-state index contributed by atoms with van der Waals surface area (Å²) in [6, 6.07) is 2.45. The molecule has 0 spiro atoms. The van der Waals surface area contributed by atoms with E-state index >= 15 is 0 Å². The van der Waals surface area contributed by atoms with Gasteiger partial charge >= 0.3 is 0 Å². The first-order valence-electron chi connectivity index (χ1n) is 8.93. The molecule has 1 aromatic rings. The lowest BCUT2D eigenvalue weighted by Gasteiger charge is -2.31. The number of morpholine rings is 1. The highest BCUT2D eigenvalue weighted by Gasteiger charge is 2.28. The summed E-state index contributed by atoms with van der Waals surface area (Å²) < 4.78 is 5.37. The number of nitrogens with one attached hydrogen (secondary N) is 1. The minimum atomic E-state index is 0.359. The summed E-state index contributed by atoms with van der Waals surface area (Å²) in [4.78, 5) is 11.2. The van der Waals surface area contributed by atoms with Gasteiger partial charge in [0.15, 0.2) is 0 Å². The standard InChI is InChI=1S/C17H29N5O/c18-15-10-14(11-15)16-12-17(21-13-20-16)19-4-2-1-3-5-22-6-8-23-9-7-22/h12-15H,1-11,18H2,(H,19,20,21). The molecule has 3 N–H and O–H groups in total. The third kappa shape index (κ3) is 5.12. The van der Waals surface area contributed by atoms with E-state index in [1.807, 2.05) is 0 Å². The number of nitrogens with zero attached hydrogens (tertiary/aromatic N) is 3. The lowest BCUT2D eigenvalue weighted by molar-refractivity contribution is 0.0372. The molecule has 2 heterocycles. The summed E-state index contributed by atoms with van der Waals surface area (Å²) >= 11 is 0. The van der Waals surface area contributed by atoms with Gasteiger partial charge in [0.25, 0.3) is 0 Å². The fraction of sp³-hybridized carbons (Fsp3) is 0.765. The Labute approximate surface area is 138 Å². The number of hydrogen-bond donors (Lipinski definition) is 2. The highest BCUT2D eigenvalue weighted by Crippen LogP contribution is 2.34. The SMILES string of the molecule is NC1CC(c2cc(NCCCCCN3CCOCC3)ncn2)C1. The Hall–Kier alpha value is -1.24. The van der Waals surface area contributed by atoms with Gasteiger partial charge in [-0.2, -0.15) is 0 Å². The van der Waals surface area contributed by atoms with Crippen LogP contribution in [0, 0.1) is 0 Å². The molecule has 6 heteroatoms. The van der Waals surface area contributed by atoms with Gasteiger partial charge in [0.2, 0.25) is 0 Å². The van der Waals surface area contributed by atoms with Gasteiger partial charge in [0.05, 0.1) is 13.2 Å². The van der Waals surface area contributed by atoms with Crippen LogP contribution in [0.1, 0.15) is 43.7 Å². The Morgan fingerprint density at radius 2 is 2.00 bits per heavy atom. The third-order valence-corrected chi connectivity index (χ3v) is 4.84. The highest BCUT2D eigenvalue weighted by molar-refractivity contribution is 5.36. The number of unbranched alkanes of at least 4 members (excludes halogenated alkanes) is 2. The number of aromatic nitrogens is 2. The highest BCUT2D eigenvalue weighted by atomic mass is 16.5. The van der Waals surface area contributed by atoms with Gasteiger partial charge in [-0.15, -0.1) is 0 Å². The first-order chi connectivity index (χ1) is 11.3. The molecule has 6 nitrogen and oxygen atoms in total. The minimum Gasteiger partial charge on any atom is -0.379 e. The number of nitrogens with two attached hydrogens (primary N) is 1. The van der Waals surface area contributed by atoms with Crippen LogP contribution in [-0.4, -0.2) is 60.3 Å². The molecule has 0 radical (unpaired) electrons. The van der Waals surface area contributed by atoms with E-state index in [0.29, 0.717) is 12.0 Å². The molecule has 128 valence electrons. The van der Waals surface area contributed by atoms with Crippen LogP contribution < -0.4 is 11.1 Å². The number of ether oxygens (including phenoxy) is 1. The second kappa shape index (κ2) is 8.57. The average molecular weight is 319 g/mol. The van der Waals surface area contributed by atoms with Crippen LogP contribution in [0.3, 0.4) is 0 Å². The fourth-order valence-corrected chi connectivity index (χ4v) is 3.27. The van der Waals surface area contributed by atoms with Gasteiger partial charge in [-0.1, -0.05) is 6.42 Å². The van der Waals surface area contributed by atoms with E-state index in [4.69, 9.17) is 10.5 Å². The van der Waals surface area contributed by atoms with E-state index in [-0.39, 0.29) is 0 Å². The largest absolute Gasteiger partial charge is 0.379 e. The Bertz CT molecular complexity index is 472. The van der Waals surface area contributed by atoms with E-state index in [1.54, 1.807) is 6.33 Å². The van der Waals surface area contributed by atoms with Gasteiger partial charge in [-0.05, 0) is 32.2 Å². The van der Waals surface area contributed by atoms with Crippen LogP contribution in [0.15, 0.2) is 12.4 Å². The fourth-order valence-electron chi connectivity index (χ4n) is 3.27. The average Bonchev–Trinajstić information content (AvgIpc) is 2.56. The second-order valence-corrected chi connectivity index (χ2v) is 6.70. The molecule has 1 saturated heterocycles. The molecule has 1 aliphatic carbocycles. The molecule has 3 rings (SSSR count). The van der Waals surface area contributed by atoms with Crippen molar-refractivity contribution in [1.82, 2.24) is 14.9 Å². The zero-order valence-corrected chi connectivity index (χ0v) is 13.9. The summed E-state index contributed by atoms with van der Waals surface area (Å²) in [6.45, 7) is 6.14. The summed E-state index contributed by atoms with van der Waals surface area (Å²) in [5, 5.41) is 3.42. The van der Waals surface area contributed by atoms with Crippen molar-refractivity contribution < 1.29 is 4.74 Å². The monoisotopic (exact) mass is 319 g/mol. The molecular weight excluding hydrogens is 290 g/mol. The predicted octanol–water partition coefficient (Wildman–Crippen LogP) is 1.60. The molecule has 0 atom stereocenters. The van der Waals surface area contributed by atoms with Gasteiger partial charge in [0, 0.05) is 43.4 Å². The molecule has 0 amide bonds. The third-order valence-electron chi connectivity index (χ3n) is 4.84. The van der Waals surface area contributed by atoms with Gasteiger partial charge < -0.3 is 15.8 Å². The number of hydrogen-bond acceptors (Lipinski definition) is 6. The van der Waals surface area contributed by atoms with E-state index in [1.165, 1.54) is 25.8 Å². The molecule has 0 unspecified atom stereocenters. The zero-order valence-electron chi connectivity index (χ0n) is 13.9. The van der Waals surface area contributed by atoms with Crippen LogP contribution in [-0.2, 0) is 4.74 Å². The van der Waals surface area contributed by atoms with E-state index in [0.717, 1.165) is 57.2 Å². The van der Waals surface area contributed by atoms with Gasteiger partial charge in [-0.25, -0.2) is 9.97 Å². The van der Waals surface area contributed by atoms with Crippen molar-refractivity contribution in [3.8, 4) is 0 Å². The van der Waals surface area contributed by atoms with Crippen LogP contribution >= 0.6 is 0 Å². The van der Waals surface area contributed by atoms with Crippen molar-refractivity contribution in [2.45, 2.75) is 44.1 Å². The number of rotatable bonds is 8. The molecule has 1 aromatic heterocycles. The molecule has 0 aromatic carbocycles. The zero-order chi connectivity index (χ0) is 15.9. The smallest absolute Gasteiger partial charge is 0.129 e. The summed E-state index contributed by atoms with van der Waals surface area (Å²) in [7, 11) is 0. The molecule has 1 aliphatic heterocycles. The topological polar surface area (TPSA) is 76.3 Å². The first kappa shape index (κ1) is 16.6. The maximum Gasteiger partial charge on any atom is 0.129 e. The van der Waals surface area contributed by atoms with E-state index < -0.39 is 0 Å². The second-order valence-electron chi connectivity index (χ2n) is 6.70. The van der Waals surface area contributed by atoms with E-state index in [2.05, 4.69) is 26.3 Å². The lowest BCUT2D eigenvalue weighted by atomic mass is 9.79. The maximum atomic E-state index is 5.86. The minimum absolute atomic E-state index is 0.359. The van der Waals surface area contributed by atoms with Gasteiger partial charge in [0.1, 0.15) is 12.1 Å². The summed E-state index contributed by atoms with van der Waals surface area (Å²) in [5.74, 6) is 1.48. The Kier molecular flexibility index (Phi) is 6.19. The molecule has 1 saturated carbocycles. The van der Waals surface area contributed by atoms with Crippen LogP contribution in [0.4, 0.5) is 5.82 Å². The van der Waals surface area contributed by atoms with Crippen LogP contribution in [0.5, 0.6) is 0 Å². The molecule has 2 fully saturated rings. The molecule has 0 bridgehead atoms. The van der Waals surface area contributed by atoms with E-state index in [9.17, 15) is 0 Å². The van der Waals surface area contributed by atoms with Crippen molar-refractivity contribution in [3.63, 3.8) is 0 Å². The Morgan fingerprint density at radius 3 is 2.78 bits per heavy atom. The summed E-state index contributed by atoms with van der Waals surface area (Å²) in [5.41, 5.74) is 6.99. The van der Waals surface area contributed by atoms with Crippen LogP contribution in [0.2, 0.25) is 0 Å². The molecular formula is C17H29N5O. The lowest BCUT2D eigenvalue weighted by Crippen LogP contribution is -2.36. The van der Waals surface area contributed by atoms with Crippen molar-refractivity contribution in [2.24, 2.45) is 5.73 Å². The summed E-state index contributed by atoms with van der Waals surface area (Å²) in [6.07, 6.45) is 7.46. The van der Waals surface area contributed by atoms with Crippen molar-refractivity contribution in [2.75, 3.05) is 44.7 Å². The van der Waals surface area contributed by atoms with Crippen LogP contribution in [0.25, 0.3) is 0 Å². The van der Waals surface area contributed by atoms with Crippen molar-refractivity contribution >= 4 is 5.82 Å². The Morgan fingerprint density at radius 1 is 1.17 bits per heavy atom. The molecule has 2 aliphatic rings. The molecule has 23 heavy (non-hydrogen) atoms. The normalized spacial score (nSPS) is 25.1. The number of anilines is 1. The first-order valence-corrected chi connectivity index (χ1v) is 8.93. The maximum absolute atomic E-state index is 5.86. The quantitative estimate of drug-likeness (QED) is 0.709. The predicted molar refractivity (Wildman–Crippen MR) is 91.6 cm³/mol. The Balaban J connectivity index is 1.29. The van der Waals surface area contributed by atoms with Crippen molar-refractivity contribution in [1.29, 1.82) is 0 Å². The van der Waals surface area contributed by atoms with Gasteiger partial charge in [-0.3, -0.25) is 4.90 Å². The van der Waals surface area contributed by atoms with Crippen molar-refractivity contribution in [3.05, 3.63) is 18.1 Å².